The van der Waals surface area contributed by atoms with Crippen molar-refractivity contribution in [3.63, 3.8) is 0 Å². The van der Waals surface area contributed by atoms with Gasteiger partial charge in [0.1, 0.15) is 0 Å². The molecule has 0 saturated carbocycles. The van der Waals surface area contributed by atoms with Crippen molar-refractivity contribution in [1.29, 1.82) is 0 Å². The van der Waals surface area contributed by atoms with Gasteiger partial charge in [-0.25, -0.2) is 0 Å². The van der Waals surface area contributed by atoms with E-state index in [1.165, 1.54) is 0 Å². The summed E-state index contributed by atoms with van der Waals surface area (Å²) in [4.78, 5) is 11.1. The summed E-state index contributed by atoms with van der Waals surface area (Å²) < 4.78 is 0. The number of rotatable bonds is 5. The second-order valence-corrected chi connectivity index (χ2v) is 5.06. The van der Waals surface area contributed by atoms with E-state index >= 15 is 0 Å². The van der Waals surface area contributed by atoms with Gasteiger partial charge in [0.05, 0.1) is 24.6 Å². The van der Waals surface area contributed by atoms with Crippen molar-refractivity contribution >= 4 is 0 Å². The number of hydrogen-bond donors (Lipinski definition) is 0. The lowest BCUT2D eigenvalue weighted by molar-refractivity contribution is 0.121. The fraction of sp³-hybridized carbons (Fsp3) is 0.500. The molecule has 20 heavy (non-hydrogen) atoms. The smallest absolute Gasteiger partial charge is 0.0734 e. The average Bonchev–Trinajstić information content (AvgIpc) is 3.01. The van der Waals surface area contributed by atoms with Gasteiger partial charge in [-0.1, -0.05) is 6.07 Å². The molecule has 3 rings (SSSR count). The van der Waals surface area contributed by atoms with Crippen LogP contribution in [0.1, 0.15) is 5.69 Å². The maximum Gasteiger partial charge on any atom is 0.0734 e. The Morgan fingerprint density at radius 3 is 2.30 bits per heavy atom. The Morgan fingerprint density at radius 2 is 1.60 bits per heavy atom. The summed E-state index contributed by atoms with van der Waals surface area (Å²) in [7, 11) is 0. The van der Waals surface area contributed by atoms with E-state index in [4.69, 9.17) is 0 Å². The molecule has 6 heteroatoms. The van der Waals surface area contributed by atoms with Crippen molar-refractivity contribution in [2.24, 2.45) is 0 Å². The molecule has 0 N–H and O–H groups in total. The third-order valence-electron chi connectivity index (χ3n) is 3.66. The lowest BCUT2D eigenvalue weighted by atomic mass is 10.2. The minimum Gasteiger partial charge on any atom is -0.299 e. The Labute approximate surface area is 119 Å². The van der Waals surface area contributed by atoms with Gasteiger partial charge >= 0.3 is 0 Å². The summed E-state index contributed by atoms with van der Waals surface area (Å²) in [5, 5.41) is 8.26. The van der Waals surface area contributed by atoms with Crippen molar-refractivity contribution in [3.8, 4) is 0 Å². The highest BCUT2D eigenvalue weighted by Crippen LogP contribution is 2.06. The van der Waals surface area contributed by atoms with E-state index in [9.17, 15) is 0 Å². The third kappa shape index (κ3) is 3.61. The second-order valence-electron chi connectivity index (χ2n) is 5.06. The van der Waals surface area contributed by atoms with Crippen LogP contribution in [-0.4, -0.2) is 62.5 Å². The molecule has 0 unspecified atom stereocenters. The van der Waals surface area contributed by atoms with Crippen LogP contribution in [0.25, 0.3) is 0 Å². The lowest BCUT2D eigenvalue weighted by Crippen LogP contribution is -2.46. The van der Waals surface area contributed by atoms with Crippen LogP contribution in [-0.2, 0) is 13.1 Å². The van der Waals surface area contributed by atoms with Crippen LogP contribution in [0.4, 0.5) is 0 Å². The molecule has 106 valence electrons. The Hall–Kier alpha value is -1.79. The molecule has 0 aromatic carbocycles. The second kappa shape index (κ2) is 6.58. The molecule has 0 bridgehead atoms. The molecule has 1 aliphatic rings. The van der Waals surface area contributed by atoms with Crippen LogP contribution in [0.3, 0.4) is 0 Å². The summed E-state index contributed by atoms with van der Waals surface area (Å²) in [6.07, 6.45) is 5.32. The predicted octanol–water partition coefficient (Wildman–Crippen LogP) is 0.491. The molecular formula is C14H20N6. The van der Waals surface area contributed by atoms with Crippen LogP contribution in [0.2, 0.25) is 0 Å². The van der Waals surface area contributed by atoms with Gasteiger partial charge in [0.25, 0.3) is 0 Å². The fourth-order valence-corrected chi connectivity index (χ4v) is 2.48. The number of hydrogen-bond acceptors (Lipinski definition) is 5. The van der Waals surface area contributed by atoms with Crippen molar-refractivity contribution in [2.45, 2.75) is 13.1 Å². The third-order valence-corrected chi connectivity index (χ3v) is 3.66. The zero-order chi connectivity index (χ0) is 13.6. The highest BCUT2D eigenvalue weighted by Gasteiger charge is 2.17. The molecule has 0 aliphatic carbocycles. The quantitative estimate of drug-likeness (QED) is 0.793. The highest BCUT2D eigenvalue weighted by molar-refractivity contribution is 5.03. The van der Waals surface area contributed by atoms with E-state index in [-0.39, 0.29) is 0 Å². The Kier molecular flexibility index (Phi) is 4.35. The molecular weight excluding hydrogens is 252 g/mol. The van der Waals surface area contributed by atoms with E-state index in [1.807, 2.05) is 12.3 Å². The molecule has 0 amide bonds. The van der Waals surface area contributed by atoms with Crippen LogP contribution >= 0.6 is 0 Å². The SMILES string of the molecule is c1ccc(CN2CCN(CCn3nccn3)CC2)nc1. The summed E-state index contributed by atoms with van der Waals surface area (Å²) >= 11 is 0. The first kappa shape index (κ1) is 13.2. The van der Waals surface area contributed by atoms with Crippen molar-refractivity contribution < 1.29 is 0 Å². The van der Waals surface area contributed by atoms with E-state index in [0.717, 1.165) is 51.5 Å². The molecule has 2 aromatic heterocycles. The predicted molar refractivity (Wildman–Crippen MR) is 76.0 cm³/mol. The van der Waals surface area contributed by atoms with Gasteiger partial charge in [-0.3, -0.25) is 14.8 Å². The van der Waals surface area contributed by atoms with Gasteiger partial charge in [-0.15, -0.1) is 0 Å². The van der Waals surface area contributed by atoms with Crippen LogP contribution in [0.15, 0.2) is 36.8 Å². The Morgan fingerprint density at radius 1 is 0.850 bits per heavy atom. The van der Waals surface area contributed by atoms with Crippen molar-refractivity contribution in [3.05, 3.63) is 42.5 Å². The summed E-state index contributed by atoms with van der Waals surface area (Å²) in [5.74, 6) is 0. The maximum atomic E-state index is 4.39. The Balaban J connectivity index is 1.40. The molecule has 6 nitrogen and oxygen atoms in total. The van der Waals surface area contributed by atoms with E-state index in [2.05, 4.69) is 37.1 Å². The molecule has 0 spiro atoms. The molecule has 1 fully saturated rings. The summed E-state index contributed by atoms with van der Waals surface area (Å²) in [6.45, 7) is 7.25. The largest absolute Gasteiger partial charge is 0.299 e. The standard InChI is InChI=1S/C14H20N6/c1-2-4-15-14(3-1)13-19-9-7-18(8-10-19)11-12-20-16-5-6-17-20/h1-6H,7-13H2. The molecule has 1 saturated heterocycles. The molecule has 0 radical (unpaired) electrons. The summed E-state index contributed by atoms with van der Waals surface area (Å²) in [6, 6.07) is 6.11. The number of pyridine rings is 1. The molecule has 0 atom stereocenters. The van der Waals surface area contributed by atoms with Gasteiger partial charge in [0.2, 0.25) is 0 Å². The van der Waals surface area contributed by atoms with Crippen molar-refractivity contribution in [2.75, 3.05) is 32.7 Å². The number of aromatic nitrogens is 4. The highest BCUT2D eigenvalue weighted by atomic mass is 15.5. The zero-order valence-electron chi connectivity index (χ0n) is 11.6. The molecule has 3 heterocycles. The normalized spacial score (nSPS) is 17.4. The van der Waals surface area contributed by atoms with E-state index < -0.39 is 0 Å². The van der Waals surface area contributed by atoms with E-state index in [1.54, 1.807) is 17.2 Å². The number of nitrogens with zero attached hydrogens (tertiary/aromatic N) is 6. The molecule has 1 aliphatic heterocycles. The topological polar surface area (TPSA) is 50.1 Å². The zero-order valence-corrected chi connectivity index (χ0v) is 11.6. The van der Waals surface area contributed by atoms with Gasteiger partial charge in [-0.2, -0.15) is 15.0 Å². The Bertz CT molecular complexity index is 490. The monoisotopic (exact) mass is 272 g/mol. The van der Waals surface area contributed by atoms with Crippen LogP contribution in [0, 0.1) is 0 Å². The minimum absolute atomic E-state index is 0.868. The van der Waals surface area contributed by atoms with Gasteiger partial charge in [0, 0.05) is 45.5 Å². The van der Waals surface area contributed by atoms with Gasteiger partial charge < -0.3 is 0 Å². The van der Waals surface area contributed by atoms with Crippen molar-refractivity contribution in [1.82, 2.24) is 29.8 Å². The summed E-state index contributed by atoms with van der Waals surface area (Å²) in [5.41, 5.74) is 1.15. The van der Waals surface area contributed by atoms with Crippen LogP contribution in [0.5, 0.6) is 0 Å². The lowest BCUT2D eigenvalue weighted by Gasteiger charge is -2.34. The van der Waals surface area contributed by atoms with Gasteiger partial charge in [-0.05, 0) is 12.1 Å². The van der Waals surface area contributed by atoms with Gasteiger partial charge in [0.15, 0.2) is 0 Å². The average molecular weight is 272 g/mol. The van der Waals surface area contributed by atoms with E-state index in [0.29, 0.717) is 0 Å². The minimum atomic E-state index is 0.868. The van der Waals surface area contributed by atoms with Crippen LogP contribution < -0.4 is 0 Å². The first-order chi connectivity index (χ1) is 9.90. The molecule has 2 aromatic rings. The fourth-order valence-electron chi connectivity index (χ4n) is 2.48. The maximum absolute atomic E-state index is 4.39. The first-order valence-corrected chi connectivity index (χ1v) is 7.09. The number of piperazine rings is 1. The first-order valence-electron chi connectivity index (χ1n) is 7.09.